The highest BCUT2D eigenvalue weighted by Gasteiger charge is 2.09. The second-order valence-corrected chi connectivity index (χ2v) is 4.12. The van der Waals surface area contributed by atoms with E-state index in [0.717, 1.165) is 28.7 Å². The lowest BCUT2D eigenvalue weighted by Gasteiger charge is -2.18. The number of nitrogens with zero attached hydrogens (tertiary/aromatic N) is 1. The molecule has 0 radical (unpaired) electrons. The van der Waals surface area contributed by atoms with Crippen molar-refractivity contribution >= 4 is 12.0 Å². The van der Waals surface area contributed by atoms with Crippen molar-refractivity contribution in [2.75, 3.05) is 19.0 Å². The molecule has 0 saturated carbocycles. The fourth-order valence-electron chi connectivity index (χ4n) is 1.94. The smallest absolute Gasteiger partial charge is 0.150 e. The first-order valence-electron chi connectivity index (χ1n) is 5.55. The van der Waals surface area contributed by atoms with Crippen LogP contribution in [0.4, 0.5) is 5.69 Å². The SMILES string of the molecule is CN(C)c1ccccc1-c1ccccc1C=O. The zero-order valence-corrected chi connectivity index (χ0v) is 10.1. The minimum Gasteiger partial charge on any atom is -0.377 e. The van der Waals surface area contributed by atoms with Crippen molar-refractivity contribution in [3.8, 4) is 11.1 Å². The van der Waals surface area contributed by atoms with Gasteiger partial charge in [-0.15, -0.1) is 0 Å². The molecule has 17 heavy (non-hydrogen) atoms. The lowest BCUT2D eigenvalue weighted by atomic mass is 9.98. The Morgan fingerprint density at radius 2 is 1.47 bits per heavy atom. The number of hydrogen-bond acceptors (Lipinski definition) is 2. The molecule has 0 fully saturated rings. The van der Waals surface area contributed by atoms with Crippen LogP contribution in [0.1, 0.15) is 10.4 Å². The Bertz CT molecular complexity index is 532. The van der Waals surface area contributed by atoms with E-state index in [1.165, 1.54) is 0 Å². The molecule has 0 aliphatic heterocycles. The van der Waals surface area contributed by atoms with Crippen molar-refractivity contribution in [1.29, 1.82) is 0 Å². The number of para-hydroxylation sites is 1. The van der Waals surface area contributed by atoms with E-state index in [1.54, 1.807) is 0 Å². The first-order chi connectivity index (χ1) is 8.24. The Hall–Kier alpha value is -2.09. The van der Waals surface area contributed by atoms with Crippen LogP contribution in [-0.4, -0.2) is 20.4 Å². The highest BCUT2D eigenvalue weighted by Crippen LogP contribution is 2.31. The lowest BCUT2D eigenvalue weighted by Crippen LogP contribution is -2.10. The van der Waals surface area contributed by atoms with Crippen LogP contribution >= 0.6 is 0 Å². The van der Waals surface area contributed by atoms with Gasteiger partial charge in [-0.05, 0) is 11.6 Å². The molecule has 0 unspecified atom stereocenters. The van der Waals surface area contributed by atoms with Gasteiger partial charge < -0.3 is 4.90 Å². The number of benzene rings is 2. The Morgan fingerprint density at radius 3 is 2.12 bits per heavy atom. The molecule has 0 aliphatic carbocycles. The van der Waals surface area contributed by atoms with E-state index in [0.29, 0.717) is 0 Å². The van der Waals surface area contributed by atoms with E-state index in [4.69, 9.17) is 0 Å². The molecule has 86 valence electrons. The van der Waals surface area contributed by atoms with Crippen molar-refractivity contribution in [2.24, 2.45) is 0 Å². The quantitative estimate of drug-likeness (QED) is 0.747. The molecule has 0 bridgehead atoms. The second-order valence-electron chi connectivity index (χ2n) is 4.12. The molecule has 2 aromatic rings. The molecule has 2 nitrogen and oxygen atoms in total. The van der Waals surface area contributed by atoms with Crippen LogP contribution in [0.2, 0.25) is 0 Å². The van der Waals surface area contributed by atoms with E-state index in [2.05, 4.69) is 11.0 Å². The summed E-state index contributed by atoms with van der Waals surface area (Å²) in [4.78, 5) is 13.1. The van der Waals surface area contributed by atoms with E-state index in [1.807, 2.05) is 56.6 Å². The van der Waals surface area contributed by atoms with Crippen molar-refractivity contribution in [2.45, 2.75) is 0 Å². The van der Waals surface area contributed by atoms with Crippen molar-refractivity contribution in [3.63, 3.8) is 0 Å². The van der Waals surface area contributed by atoms with Gasteiger partial charge in [-0.2, -0.15) is 0 Å². The van der Waals surface area contributed by atoms with E-state index in [9.17, 15) is 4.79 Å². The normalized spacial score (nSPS) is 10.0. The molecule has 2 aromatic carbocycles. The summed E-state index contributed by atoms with van der Waals surface area (Å²) in [5, 5.41) is 0. The van der Waals surface area contributed by atoms with Gasteiger partial charge in [0.25, 0.3) is 0 Å². The van der Waals surface area contributed by atoms with E-state index >= 15 is 0 Å². The molecule has 0 aromatic heterocycles. The monoisotopic (exact) mass is 225 g/mol. The predicted molar refractivity (Wildman–Crippen MR) is 71.6 cm³/mol. The molecular weight excluding hydrogens is 210 g/mol. The summed E-state index contributed by atoms with van der Waals surface area (Å²) in [6.45, 7) is 0. The summed E-state index contributed by atoms with van der Waals surface area (Å²) in [5.41, 5.74) is 3.90. The lowest BCUT2D eigenvalue weighted by molar-refractivity contribution is 0.112. The molecule has 0 aliphatic rings. The van der Waals surface area contributed by atoms with Gasteiger partial charge in [-0.25, -0.2) is 0 Å². The van der Waals surface area contributed by atoms with E-state index < -0.39 is 0 Å². The maximum Gasteiger partial charge on any atom is 0.150 e. The third-order valence-corrected chi connectivity index (χ3v) is 2.76. The van der Waals surface area contributed by atoms with Gasteiger partial charge in [0.15, 0.2) is 6.29 Å². The van der Waals surface area contributed by atoms with Crippen molar-refractivity contribution < 1.29 is 4.79 Å². The molecule has 0 spiro atoms. The fraction of sp³-hybridized carbons (Fsp3) is 0.133. The molecule has 2 rings (SSSR count). The zero-order chi connectivity index (χ0) is 12.3. The number of hydrogen-bond donors (Lipinski definition) is 0. The van der Waals surface area contributed by atoms with Gasteiger partial charge >= 0.3 is 0 Å². The van der Waals surface area contributed by atoms with Crippen LogP contribution in [-0.2, 0) is 0 Å². The Labute approximate surface area is 102 Å². The van der Waals surface area contributed by atoms with Gasteiger partial charge in [0.1, 0.15) is 0 Å². The molecule has 0 amide bonds. The van der Waals surface area contributed by atoms with Crippen LogP contribution in [0, 0.1) is 0 Å². The summed E-state index contributed by atoms with van der Waals surface area (Å²) in [7, 11) is 4.00. The van der Waals surface area contributed by atoms with E-state index in [-0.39, 0.29) is 0 Å². The van der Waals surface area contributed by atoms with Gasteiger partial charge in [-0.1, -0.05) is 42.5 Å². The van der Waals surface area contributed by atoms with Gasteiger partial charge in [0, 0.05) is 30.9 Å². The van der Waals surface area contributed by atoms with Crippen molar-refractivity contribution in [3.05, 3.63) is 54.1 Å². The van der Waals surface area contributed by atoms with Crippen LogP contribution in [0.5, 0.6) is 0 Å². The summed E-state index contributed by atoms with van der Waals surface area (Å²) >= 11 is 0. The summed E-state index contributed by atoms with van der Waals surface area (Å²) in [6, 6.07) is 15.7. The largest absolute Gasteiger partial charge is 0.377 e. The minimum absolute atomic E-state index is 0.724. The zero-order valence-electron chi connectivity index (χ0n) is 10.1. The molecule has 0 saturated heterocycles. The van der Waals surface area contributed by atoms with Gasteiger partial charge in [0.2, 0.25) is 0 Å². The van der Waals surface area contributed by atoms with Crippen LogP contribution in [0.25, 0.3) is 11.1 Å². The Morgan fingerprint density at radius 1 is 0.882 bits per heavy atom. The molecule has 0 heterocycles. The van der Waals surface area contributed by atoms with Crippen LogP contribution in [0.15, 0.2) is 48.5 Å². The second kappa shape index (κ2) is 4.83. The highest BCUT2D eigenvalue weighted by atomic mass is 16.1. The predicted octanol–water partition coefficient (Wildman–Crippen LogP) is 3.23. The number of aldehydes is 1. The Kier molecular flexibility index (Phi) is 3.24. The van der Waals surface area contributed by atoms with Crippen LogP contribution in [0.3, 0.4) is 0 Å². The molecular formula is C15H15NO. The maximum absolute atomic E-state index is 11.1. The van der Waals surface area contributed by atoms with Gasteiger partial charge in [0.05, 0.1) is 0 Å². The average Bonchev–Trinajstić information content (AvgIpc) is 2.38. The summed E-state index contributed by atoms with van der Waals surface area (Å²) in [5.74, 6) is 0. The third kappa shape index (κ3) is 2.21. The minimum atomic E-state index is 0.724. The molecule has 2 heteroatoms. The fourth-order valence-corrected chi connectivity index (χ4v) is 1.94. The standard InChI is InChI=1S/C15H15NO/c1-16(2)15-10-6-5-9-14(15)13-8-4-3-7-12(13)11-17/h3-11H,1-2H3. The first-order valence-corrected chi connectivity index (χ1v) is 5.55. The number of rotatable bonds is 3. The number of anilines is 1. The number of carbonyl (C=O) groups is 1. The summed E-state index contributed by atoms with van der Waals surface area (Å²) < 4.78 is 0. The molecule has 0 atom stereocenters. The molecule has 0 N–H and O–H groups in total. The maximum atomic E-state index is 11.1. The van der Waals surface area contributed by atoms with Crippen molar-refractivity contribution in [1.82, 2.24) is 0 Å². The highest BCUT2D eigenvalue weighted by molar-refractivity contribution is 5.91. The number of carbonyl (C=O) groups excluding carboxylic acids is 1. The Balaban J connectivity index is 2.64. The average molecular weight is 225 g/mol. The van der Waals surface area contributed by atoms with Gasteiger partial charge in [-0.3, -0.25) is 4.79 Å². The first kappa shape index (κ1) is 11.4. The topological polar surface area (TPSA) is 20.3 Å². The van der Waals surface area contributed by atoms with Crippen LogP contribution < -0.4 is 4.90 Å². The third-order valence-electron chi connectivity index (χ3n) is 2.76. The summed E-state index contributed by atoms with van der Waals surface area (Å²) in [6.07, 6.45) is 0.905.